The average Bonchev–Trinajstić information content (AvgIpc) is 2.16. The van der Waals surface area contributed by atoms with E-state index in [1.165, 1.54) is 6.33 Å². The average molecular weight is 231 g/mol. The lowest BCUT2D eigenvalue weighted by Crippen LogP contribution is -2.22. The molecule has 0 fully saturated rings. The van der Waals surface area contributed by atoms with E-state index < -0.39 is 10.0 Å². The van der Waals surface area contributed by atoms with Crippen molar-refractivity contribution >= 4 is 21.7 Å². The van der Waals surface area contributed by atoms with E-state index in [1.54, 1.807) is 13.1 Å². The molecule has 0 radical (unpaired) electrons. The molecule has 0 aromatic carbocycles. The van der Waals surface area contributed by atoms with Gasteiger partial charge in [0.05, 0.1) is 5.75 Å². The van der Waals surface area contributed by atoms with Gasteiger partial charge in [-0.1, -0.05) is 0 Å². The van der Waals surface area contributed by atoms with Crippen molar-refractivity contribution in [3.8, 4) is 0 Å². The predicted molar refractivity (Wildman–Crippen MR) is 58.0 cm³/mol. The second-order valence-electron chi connectivity index (χ2n) is 2.83. The lowest BCUT2D eigenvalue weighted by molar-refractivity contribution is 0.598. The highest BCUT2D eigenvalue weighted by molar-refractivity contribution is 7.89. The number of rotatable bonds is 5. The highest BCUT2D eigenvalue weighted by atomic mass is 32.2. The predicted octanol–water partition coefficient (Wildman–Crippen LogP) is -0.781. The Morgan fingerprint density at radius 3 is 2.67 bits per heavy atom. The zero-order valence-corrected chi connectivity index (χ0v) is 9.08. The molecule has 1 aromatic rings. The standard InChI is InChI=1S/C7H13N5O2S/c1-9-6-4-7(12-5-11-6)10-2-3-15(8,13)14/h4-5H,2-3H2,1H3,(H2,8,13,14)(H2,9,10,11,12). The van der Waals surface area contributed by atoms with Crippen LogP contribution in [0.2, 0.25) is 0 Å². The SMILES string of the molecule is CNc1cc(NCCS(N)(=O)=O)ncn1. The molecule has 0 bridgehead atoms. The van der Waals surface area contributed by atoms with Gasteiger partial charge in [0, 0.05) is 19.7 Å². The van der Waals surface area contributed by atoms with Gasteiger partial charge in [-0.3, -0.25) is 0 Å². The summed E-state index contributed by atoms with van der Waals surface area (Å²) in [6, 6.07) is 1.67. The number of primary sulfonamides is 1. The van der Waals surface area contributed by atoms with Crippen molar-refractivity contribution < 1.29 is 8.42 Å². The highest BCUT2D eigenvalue weighted by Gasteiger charge is 2.02. The number of nitrogens with zero attached hydrogens (tertiary/aromatic N) is 2. The van der Waals surface area contributed by atoms with Gasteiger partial charge in [0.1, 0.15) is 18.0 Å². The van der Waals surface area contributed by atoms with Crippen LogP contribution in [0.3, 0.4) is 0 Å². The fourth-order valence-corrected chi connectivity index (χ4v) is 1.30. The van der Waals surface area contributed by atoms with Crippen LogP contribution in [0.1, 0.15) is 0 Å². The van der Waals surface area contributed by atoms with E-state index in [0.717, 1.165) is 0 Å². The third-order valence-electron chi connectivity index (χ3n) is 1.62. The molecule has 0 atom stereocenters. The van der Waals surface area contributed by atoms with Crippen LogP contribution in [-0.2, 0) is 10.0 Å². The minimum Gasteiger partial charge on any atom is -0.373 e. The van der Waals surface area contributed by atoms with Crippen LogP contribution in [0.5, 0.6) is 0 Å². The number of nitrogens with two attached hydrogens (primary N) is 1. The first-order valence-corrected chi connectivity index (χ1v) is 5.97. The van der Waals surface area contributed by atoms with Crippen LogP contribution in [0, 0.1) is 0 Å². The number of nitrogens with one attached hydrogen (secondary N) is 2. The zero-order valence-electron chi connectivity index (χ0n) is 8.27. The van der Waals surface area contributed by atoms with Crippen LogP contribution in [0.4, 0.5) is 11.6 Å². The molecule has 7 nitrogen and oxygen atoms in total. The maximum atomic E-state index is 10.6. The summed E-state index contributed by atoms with van der Waals surface area (Å²) in [6.45, 7) is 0.221. The number of sulfonamides is 1. The molecule has 0 saturated heterocycles. The summed E-state index contributed by atoms with van der Waals surface area (Å²) in [5, 5.41) is 10.5. The van der Waals surface area contributed by atoms with Crippen molar-refractivity contribution in [3.63, 3.8) is 0 Å². The topological polar surface area (TPSA) is 110 Å². The Kier molecular flexibility index (Phi) is 3.81. The first-order valence-electron chi connectivity index (χ1n) is 4.25. The Morgan fingerprint density at radius 1 is 1.40 bits per heavy atom. The summed E-state index contributed by atoms with van der Waals surface area (Å²) in [7, 11) is -1.70. The van der Waals surface area contributed by atoms with Crippen molar-refractivity contribution in [2.45, 2.75) is 0 Å². The molecule has 0 spiro atoms. The lowest BCUT2D eigenvalue weighted by atomic mass is 10.5. The smallest absolute Gasteiger partial charge is 0.210 e. The Labute approximate surface area is 88.2 Å². The van der Waals surface area contributed by atoms with Gasteiger partial charge in [-0.2, -0.15) is 0 Å². The van der Waals surface area contributed by atoms with Crippen LogP contribution >= 0.6 is 0 Å². The monoisotopic (exact) mass is 231 g/mol. The van der Waals surface area contributed by atoms with E-state index in [1.807, 2.05) is 0 Å². The quantitative estimate of drug-likeness (QED) is 0.613. The van der Waals surface area contributed by atoms with Gasteiger partial charge >= 0.3 is 0 Å². The minimum absolute atomic E-state index is 0.133. The fraction of sp³-hybridized carbons (Fsp3) is 0.429. The zero-order chi connectivity index (χ0) is 11.3. The summed E-state index contributed by atoms with van der Waals surface area (Å²) in [6.07, 6.45) is 1.38. The van der Waals surface area contributed by atoms with Gasteiger partial charge in [-0.05, 0) is 0 Å². The molecule has 0 aliphatic heterocycles. The molecule has 0 aliphatic carbocycles. The fourth-order valence-electron chi connectivity index (χ4n) is 0.912. The molecule has 1 heterocycles. The molecular formula is C7H13N5O2S. The van der Waals surface area contributed by atoms with Gasteiger partial charge in [-0.25, -0.2) is 23.5 Å². The van der Waals surface area contributed by atoms with Crippen molar-refractivity contribution in [2.75, 3.05) is 30.0 Å². The van der Waals surface area contributed by atoms with Gasteiger partial charge in [-0.15, -0.1) is 0 Å². The van der Waals surface area contributed by atoms with E-state index >= 15 is 0 Å². The Bertz CT molecular complexity index is 419. The van der Waals surface area contributed by atoms with Gasteiger partial charge in [0.25, 0.3) is 0 Å². The molecule has 84 valence electrons. The summed E-state index contributed by atoms with van der Waals surface area (Å²) in [5.74, 6) is 1.08. The molecule has 0 amide bonds. The minimum atomic E-state index is -3.43. The van der Waals surface area contributed by atoms with Crippen molar-refractivity contribution in [1.29, 1.82) is 0 Å². The Morgan fingerprint density at radius 2 is 2.07 bits per heavy atom. The van der Waals surface area contributed by atoms with E-state index in [0.29, 0.717) is 11.6 Å². The number of hydrogen-bond donors (Lipinski definition) is 3. The van der Waals surface area contributed by atoms with Crippen LogP contribution in [-0.4, -0.2) is 37.7 Å². The van der Waals surface area contributed by atoms with E-state index in [9.17, 15) is 8.42 Å². The Balaban J connectivity index is 2.51. The molecule has 1 rings (SSSR count). The van der Waals surface area contributed by atoms with Gasteiger partial charge in [0.2, 0.25) is 10.0 Å². The summed E-state index contributed by atoms with van der Waals surface area (Å²) < 4.78 is 21.3. The van der Waals surface area contributed by atoms with Crippen molar-refractivity contribution in [2.24, 2.45) is 5.14 Å². The molecule has 0 aliphatic rings. The summed E-state index contributed by atoms with van der Waals surface area (Å²) in [5.41, 5.74) is 0. The van der Waals surface area contributed by atoms with E-state index in [4.69, 9.17) is 5.14 Å². The molecule has 0 unspecified atom stereocenters. The summed E-state index contributed by atoms with van der Waals surface area (Å²) in [4.78, 5) is 7.82. The van der Waals surface area contributed by atoms with E-state index in [-0.39, 0.29) is 12.3 Å². The molecule has 15 heavy (non-hydrogen) atoms. The first kappa shape index (κ1) is 11.7. The second-order valence-corrected chi connectivity index (χ2v) is 4.57. The molecule has 1 aromatic heterocycles. The molecular weight excluding hydrogens is 218 g/mol. The maximum Gasteiger partial charge on any atom is 0.210 e. The third-order valence-corrected chi connectivity index (χ3v) is 2.39. The summed E-state index contributed by atoms with van der Waals surface area (Å²) >= 11 is 0. The lowest BCUT2D eigenvalue weighted by Gasteiger charge is -2.05. The van der Waals surface area contributed by atoms with Crippen LogP contribution in [0.15, 0.2) is 12.4 Å². The molecule has 0 saturated carbocycles. The van der Waals surface area contributed by atoms with Crippen LogP contribution < -0.4 is 15.8 Å². The van der Waals surface area contributed by atoms with E-state index in [2.05, 4.69) is 20.6 Å². The number of aromatic nitrogens is 2. The highest BCUT2D eigenvalue weighted by Crippen LogP contribution is 2.06. The second kappa shape index (κ2) is 4.89. The van der Waals surface area contributed by atoms with Gasteiger partial charge < -0.3 is 10.6 Å². The first-order chi connectivity index (χ1) is 7.01. The Hall–Kier alpha value is -1.41. The van der Waals surface area contributed by atoms with Crippen molar-refractivity contribution in [1.82, 2.24) is 9.97 Å². The molecule has 8 heteroatoms. The number of anilines is 2. The molecule has 4 N–H and O–H groups in total. The van der Waals surface area contributed by atoms with Gasteiger partial charge in [0.15, 0.2) is 0 Å². The largest absolute Gasteiger partial charge is 0.373 e. The van der Waals surface area contributed by atoms with Crippen molar-refractivity contribution in [3.05, 3.63) is 12.4 Å². The third kappa shape index (κ3) is 4.56. The maximum absolute atomic E-state index is 10.6. The van der Waals surface area contributed by atoms with Crippen LogP contribution in [0.25, 0.3) is 0 Å². The normalized spacial score (nSPS) is 11.1. The number of hydrogen-bond acceptors (Lipinski definition) is 6.